The Morgan fingerprint density at radius 2 is 1.85 bits per heavy atom. The van der Waals surface area contributed by atoms with Crippen molar-refractivity contribution < 1.29 is 22.7 Å². The van der Waals surface area contributed by atoms with Crippen LogP contribution in [-0.2, 0) is 9.84 Å². The number of benzene rings is 1. The molecule has 0 spiro atoms. The molecule has 0 N–H and O–H groups in total. The van der Waals surface area contributed by atoms with Crippen LogP contribution in [0.15, 0.2) is 40.3 Å². The fourth-order valence-electron chi connectivity index (χ4n) is 1.70. The van der Waals surface area contributed by atoms with Gasteiger partial charge in [-0.1, -0.05) is 0 Å². The molecule has 20 heavy (non-hydrogen) atoms. The predicted octanol–water partition coefficient (Wildman–Crippen LogP) is 0.851. The minimum absolute atomic E-state index is 0.0231. The fourth-order valence-corrected chi connectivity index (χ4v) is 2.85. The second-order valence-electron chi connectivity index (χ2n) is 3.93. The van der Waals surface area contributed by atoms with E-state index in [1.807, 2.05) is 0 Å². The molecule has 8 heteroatoms. The zero-order valence-corrected chi connectivity index (χ0v) is 10.8. The van der Waals surface area contributed by atoms with Crippen LogP contribution in [0.4, 0.5) is 0 Å². The number of carbonyl (C=O) groups excluding carboxylic acids is 1. The molecule has 0 amide bonds. The summed E-state index contributed by atoms with van der Waals surface area (Å²) in [6.45, 7) is 0.0622. The second kappa shape index (κ2) is 4.57. The van der Waals surface area contributed by atoms with Crippen molar-refractivity contribution in [3.05, 3.63) is 36.0 Å². The van der Waals surface area contributed by atoms with Gasteiger partial charge in [0, 0.05) is 6.07 Å². The number of aldehydes is 1. The summed E-state index contributed by atoms with van der Waals surface area (Å²) in [4.78, 5) is 10.5. The molecule has 2 aromatic rings. The maximum absolute atomic E-state index is 12.3. The Labute approximate surface area is 114 Å². The van der Waals surface area contributed by atoms with Crippen LogP contribution in [0.3, 0.4) is 0 Å². The van der Waals surface area contributed by atoms with E-state index in [2.05, 4.69) is 10.2 Å². The van der Waals surface area contributed by atoms with Crippen LogP contribution in [0, 0.1) is 0 Å². The van der Waals surface area contributed by atoms with E-state index in [9.17, 15) is 13.2 Å². The number of nitrogens with zero attached hydrogens (tertiary/aromatic N) is 2. The van der Waals surface area contributed by atoms with Gasteiger partial charge in [-0.2, -0.15) is 0 Å². The molecule has 0 saturated carbocycles. The third-order valence-corrected chi connectivity index (χ3v) is 4.35. The minimum Gasteiger partial charge on any atom is -0.454 e. The van der Waals surface area contributed by atoms with Crippen molar-refractivity contribution in [2.45, 2.75) is 9.92 Å². The molecule has 0 bridgehead atoms. The molecular weight excluding hydrogens is 284 g/mol. The first-order chi connectivity index (χ1) is 9.61. The fraction of sp³-hybridized carbons (Fsp3) is 0.0833. The minimum atomic E-state index is -3.81. The molecule has 1 aliphatic rings. The number of hydrogen-bond donors (Lipinski definition) is 0. The van der Waals surface area contributed by atoms with Crippen LogP contribution in [0.1, 0.15) is 10.5 Å². The van der Waals surface area contributed by atoms with Crippen LogP contribution in [-0.4, -0.2) is 31.7 Å². The largest absolute Gasteiger partial charge is 0.454 e. The highest BCUT2D eigenvalue weighted by Crippen LogP contribution is 2.35. The van der Waals surface area contributed by atoms with E-state index < -0.39 is 9.84 Å². The average Bonchev–Trinajstić information content (AvgIpc) is 2.94. The smallest absolute Gasteiger partial charge is 0.231 e. The molecule has 0 fully saturated rings. The van der Waals surface area contributed by atoms with Gasteiger partial charge < -0.3 is 9.47 Å². The van der Waals surface area contributed by atoms with Gasteiger partial charge in [-0.25, -0.2) is 8.42 Å². The van der Waals surface area contributed by atoms with Gasteiger partial charge in [0.05, 0.1) is 4.90 Å². The molecule has 0 aliphatic carbocycles. The first-order valence-electron chi connectivity index (χ1n) is 5.55. The van der Waals surface area contributed by atoms with E-state index >= 15 is 0 Å². The van der Waals surface area contributed by atoms with Gasteiger partial charge in [0.15, 0.2) is 22.8 Å². The highest BCUT2D eigenvalue weighted by Gasteiger charge is 2.23. The Morgan fingerprint density at radius 3 is 2.55 bits per heavy atom. The first-order valence-corrected chi connectivity index (χ1v) is 7.03. The Bertz CT molecular complexity index is 771. The summed E-state index contributed by atoms with van der Waals surface area (Å²) in [5, 5.41) is 6.82. The lowest BCUT2D eigenvalue weighted by atomic mass is 10.3. The molecule has 0 saturated heterocycles. The summed E-state index contributed by atoms with van der Waals surface area (Å²) in [6, 6.07) is 6.81. The number of carbonyl (C=O) groups is 1. The van der Waals surface area contributed by atoms with E-state index in [1.54, 1.807) is 0 Å². The van der Waals surface area contributed by atoms with E-state index in [0.717, 1.165) is 0 Å². The molecule has 102 valence electrons. The summed E-state index contributed by atoms with van der Waals surface area (Å²) in [5.41, 5.74) is 0.0645. The average molecular weight is 292 g/mol. The van der Waals surface area contributed by atoms with Crippen molar-refractivity contribution in [1.29, 1.82) is 0 Å². The van der Waals surface area contributed by atoms with Crippen LogP contribution >= 0.6 is 0 Å². The second-order valence-corrected chi connectivity index (χ2v) is 5.83. The Balaban J connectivity index is 2.04. The van der Waals surface area contributed by atoms with Crippen molar-refractivity contribution in [1.82, 2.24) is 10.2 Å². The standard InChI is InChI=1S/C12H8N2O5S/c15-6-8-1-4-12(14-13-8)20(16,17)9-2-3-10-11(5-9)19-7-18-10/h1-6H,7H2. The first kappa shape index (κ1) is 12.5. The molecule has 7 nitrogen and oxygen atoms in total. The van der Waals surface area contributed by atoms with E-state index in [1.165, 1.54) is 30.3 Å². The quantitative estimate of drug-likeness (QED) is 0.774. The Morgan fingerprint density at radius 1 is 1.05 bits per heavy atom. The van der Waals surface area contributed by atoms with Gasteiger partial charge in [0.2, 0.25) is 16.6 Å². The molecule has 0 unspecified atom stereocenters. The van der Waals surface area contributed by atoms with Crippen LogP contribution in [0.2, 0.25) is 0 Å². The SMILES string of the molecule is O=Cc1ccc(S(=O)(=O)c2ccc3c(c2)OCO3)nn1. The summed E-state index contributed by atoms with van der Waals surface area (Å²) in [6.07, 6.45) is 0.490. The number of sulfone groups is 1. The highest BCUT2D eigenvalue weighted by molar-refractivity contribution is 7.91. The summed E-state index contributed by atoms with van der Waals surface area (Å²) >= 11 is 0. The van der Waals surface area contributed by atoms with Crippen molar-refractivity contribution in [2.75, 3.05) is 6.79 Å². The number of fused-ring (bicyclic) bond motifs is 1. The number of aromatic nitrogens is 2. The van der Waals surface area contributed by atoms with E-state index in [0.29, 0.717) is 17.8 Å². The number of hydrogen-bond acceptors (Lipinski definition) is 7. The lowest BCUT2D eigenvalue weighted by Crippen LogP contribution is -2.06. The number of ether oxygens (including phenoxy) is 2. The Hall–Kier alpha value is -2.48. The third kappa shape index (κ3) is 1.99. The topological polar surface area (TPSA) is 95.5 Å². The summed E-state index contributed by atoms with van der Waals surface area (Å²) < 4.78 is 34.9. The van der Waals surface area contributed by atoms with Gasteiger partial charge in [-0.3, -0.25) is 4.79 Å². The van der Waals surface area contributed by atoms with Crippen LogP contribution < -0.4 is 9.47 Å². The van der Waals surface area contributed by atoms with Crippen LogP contribution in [0.25, 0.3) is 0 Å². The highest BCUT2D eigenvalue weighted by atomic mass is 32.2. The van der Waals surface area contributed by atoms with Crippen molar-refractivity contribution in [3.63, 3.8) is 0 Å². The normalized spacial score (nSPS) is 13.2. The van der Waals surface area contributed by atoms with Crippen molar-refractivity contribution in [3.8, 4) is 11.5 Å². The maximum Gasteiger partial charge on any atom is 0.231 e. The zero-order chi connectivity index (χ0) is 14.2. The molecule has 3 rings (SSSR count). The van der Waals surface area contributed by atoms with Gasteiger partial charge >= 0.3 is 0 Å². The summed E-state index contributed by atoms with van der Waals surface area (Å²) in [7, 11) is -3.81. The molecule has 0 atom stereocenters. The van der Waals surface area contributed by atoms with Crippen molar-refractivity contribution >= 4 is 16.1 Å². The third-order valence-electron chi connectivity index (χ3n) is 2.71. The lowest BCUT2D eigenvalue weighted by molar-refractivity contribution is 0.111. The molecule has 1 aromatic carbocycles. The monoisotopic (exact) mass is 292 g/mol. The van der Waals surface area contributed by atoms with E-state index in [4.69, 9.17) is 9.47 Å². The zero-order valence-electron chi connectivity index (χ0n) is 10.0. The summed E-state index contributed by atoms with van der Waals surface area (Å²) in [5.74, 6) is 0.856. The number of rotatable bonds is 3. The maximum atomic E-state index is 12.3. The van der Waals surface area contributed by atoms with Gasteiger partial charge in [0.1, 0.15) is 5.69 Å². The van der Waals surface area contributed by atoms with Gasteiger partial charge in [-0.15, -0.1) is 10.2 Å². The predicted molar refractivity (Wildman–Crippen MR) is 65.4 cm³/mol. The molecule has 1 aliphatic heterocycles. The van der Waals surface area contributed by atoms with Gasteiger partial charge in [0.25, 0.3) is 0 Å². The van der Waals surface area contributed by atoms with Gasteiger partial charge in [-0.05, 0) is 24.3 Å². The lowest BCUT2D eigenvalue weighted by Gasteiger charge is -2.04. The van der Waals surface area contributed by atoms with E-state index in [-0.39, 0.29) is 22.4 Å². The molecule has 1 aromatic heterocycles. The molecule has 2 heterocycles. The molecular formula is C12H8N2O5S. The van der Waals surface area contributed by atoms with Crippen molar-refractivity contribution in [2.24, 2.45) is 0 Å². The molecule has 0 radical (unpaired) electrons. The van der Waals surface area contributed by atoms with Crippen LogP contribution in [0.5, 0.6) is 11.5 Å². The Kier molecular flexibility index (Phi) is 2.87.